The highest BCUT2D eigenvalue weighted by Gasteiger charge is 2.27. The third-order valence-electron chi connectivity index (χ3n) is 4.50. The molecule has 0 aromatic heterocycles. The van der Waals surface area contributed by atoms with Crippen LogP contribution >= 0.6 is 23.2 Å². The molecule has 28 heavy (non-hydrogen) atoms. The molecule has 1 atom stereocenters. The van der Waals surface area contributed by atoms with Crippen LogP contribution in [0.3, 0.4) is 0 Å². The van der Waals surface area contributed by atoms with Gasteiger partial charge in [0.05, 0.1) is 0 Å². The van der Waals surface area contributed by atoms with Gasteiger partial charge in [-0.2, -0.15) is 0 Å². The summed E-state index contributed by atoms with van der Waals surface area (Å²) in [6.45, 7) is 3.62. The van der Waals surface area contributed by atoms with E-state index in [1.54, 1.807) is 25.1 Å². The number of nitrogens with zero attached hydrogens (tertiary/aromatic N) is 1. The molecule has 0 fully saturated rings. The second-order valence-corrected chi connectivity index (χ2v) is 7.11. The number of hydrogen-bond acceptors (Lipinski definition) is 3. The second-order valence-electron chi connectivity index (χ2n) is 6.30. The van der Waals surface area contributed by atoms with Crippen molar-refractivity contribution < 1.29 is 14.3 Å². The first kappa shape index (κ1) is 22.1. The fourth-order valence-electron chi connectivity index (χ4n) is 2.69. The van der Waals surface area contributed by atoms with Gasteiger partial charge in [-0.15, -0.1) is 0 Å². The predicted octanol–water partition coefficient (Wildman–Crippen LogP) is 4.10. The number of amides is 2. The number of hydrogen-bond donors (Lipinski definition) is 1. The molecule has 2 rings (SSSR count). The van der Waals surface area contributed by atoms with Crippen molar-refractivity contribution >= 4 is 35.0 Å². The minimum Gasteiger partial charge on any atom is -0.484 e. The lowest BCUT2D eigenvalue weighted by molar-refractivity contribution is -0.142. The molecule has 0 unspecified atom stereocenters. The van der Waals surface area contributed by atoms with Crippen LogP contribution in [0.15, 0.2) is 42.5 Å². The second kappa shape index (κ2) is 10.3. The molecule has 0 aliphatic rings. The molecular weight excluding hydrogens is 399 g/mol. The lowest BCUT2D eigenvalue weighted by atomic mass is 10.1. The summed E-state index contributed by atoms with van der Waals surface area (Å²) in [6, 6.07) is 12.0. The van der Waals surface area contributed by atoms with Crippen LogP contribution in [-0.4, -0.2) is 36.4 Å². The molecule has 2 amide bonds. The van der Waals surface area contributed by atoms with Crippen molar-refractivity contribution in [2.75, 3.05) is 13.7 Å². The third kappa shape index (κ3) is 5.63. The lowest BCUT2D eigenvalue weighted by Gasteiger charge is -2.29. The average molecular weight is 423 g/mol. The Morgan fingerprint density at radius 3 is 2.25 bits per heavy atom. The smallest absolute Gasteiger partial charge is 0.261 e. The number of benzene rings is 2. The summed E-state index contributed by atoms with van der Waals surface area (Å²) in [4.78, 5) is 26.4. The van der Waals surface area contributed by atoms with E-state index < -0.39 is 6.04 Å². The molecule has 1 N–H and O–H groups in total. The third-order valence-corrected chi connectivity index (χ3v) is 5.21. The Bertz CT molecular complexity index is 805. The Morgan fingerprint density at radius 1 is 1.11 bits per heavy atom. The highest BCUT2D eigenvalue weighted by molar-refractivity contribution is 6.36. The van der Waals surface area contributed by atoms with Gasteiger partial charge in [0.1, 0.15) is 11.8 Å². The standard InChI is InChI=1S/C21H24Cl2N2O3/c1-4-15-8-10-16(11-9-15)28-13-20(26)25(14(2)21(27)24-3)12-17-18(22)6-5-7-19(17)23/h5-11,14H,4,12-13H2,1-3H3,(H,24,27)/t14-/m0/s1. The normalized spacial score (nSPS) is 11.6. The molecule has 0 radical (unpaired) electrons. The topological polar surface area (TPSA) is 58.6 Å². The first-order chi connectivity index (χ1) is 13.4. The zero-order valence-corrected chi connectivity index (χ0v) is 17.7. The number of ether oxygens (including phenoxy) is 1. The molecule has 2 aromatic rings. The molecule has 0 heterocycles. The molecule has 2 aromatic carbocycles. The number of rotatable bonds is 8. The van der Waals surface area contributed by atoms with Gasteiger partial charge in [0.15, 0.2) is 6.61 Å². The number of nitrogens with one attached hydrogen (secondary N) is 1. The van der Waals surface area contributed by atoms with Crippen molar-refractivity contribution in [1.29, 1.82) is 0 Å². The molecule has 0 bridgehead atoms. The largest absolute Gasteiger partial charge is 0.484 e. The summed E-state index contributed by atoms with van der Waals surface area (Å²) >= 11 is 12.5. The van der Waals surface area contributed by atoms with Crippen molar-refractivity contribution in [3.63, 3.8) is 0 Å². The fourth-order valence-corrected chi connectivity index (χ4v) is 3.21. The van der Waals surface area contributed by atoms with Gasteiger partial charge >= 0.3 is 0 Å². The number of halogens is 2. The monoisotopic (exact) mass is 422 g/mol. The summed E-state index contributed by atoms with van der Waals surface area (Å²) in [5.74, 6) is -0.0376. The van der Waals surface area contributed by atoms with Crippen LogP contribution < -0.4 is 10.1 Å². The lowest BCUT2D eigenvalue weighted by Crippen LogP contribution is -2.48. The van der Waals surface area contributed by atoms with Gasteiger partial charge in [-0.3, -0.25) is 9.59 Å². The van der Waals surface area contributed by atoms with Crippen LogP contribution in [0, 0.1) is 0 Å². The molecule has 0 saturated heterocycles. The van der Waals surface area contributed by atoms with E-state index in [9.17, 15) is 9.59 Å². The van der Waals surface area contributed by atoms with Crippen LogP contribution in [0.1, 0.15) is 25.0 Å². The van der Waals surface area contributed by atoms with Crippen molar-refractivity contribution in [3.8, 4) is 5.75 Å². The van der Waals surface area contributed by atoms with Gasteiger partial charge in [-0.25, -0.2) is 0 Å². The van der Waals surface area contributed by atoms with E-state index in [2.05, 4.69) is 12.2 Å². The summed E-state index contributed by atoms with van der Waals surface area (Å²) in [7, 11) is 1.52. The maximum atomic E-state index is 12.9. The summed E-state index contributed by atoms with van der Waals surface area (Å²) in [5.41, 5.74) is 1.77. The van der Waals surface area contributed by atoms with Gasteiger partial charge in [-0.05, 0) is 43.2 Å². The van der Waals surface area contributed by atoms with Crippen molar-refractivity contribution in [2.45, 2.75) is 32.9 Å². The van der Waals surface area contributed by atoms with Crippen LogP contribution in [0.2, 0.25) is 10.0 Å². The molecule has 0 aliphatic carbocycles. The van der Waals surface area contributed by atoms with Gasteiger partial charge in [0, 0.05) is 29.2 Å². The van der Waals surface area contributed by atoms with Crippen LogP contribution in [0.5, 0.6) is 5.75 Å². The minimum absolute atomic E-state index is 0.101. The number of carbonyl (C=O) groups is 2. The number of aryl methyl sites for hydroxylation is 1. The molecule has 0 aliphatic heterocycles. The number of likely N-dealkylation sites (N-methyl/N-ethyl adjacent to an activating group) is 1. The van der Waals surface area contributed by atoms with Gasteiger partial charge in [0.2, 0.25) is 5.91 Å². The summed E-state index contributed by atoms with van der Waals surface area (Å²) in [6.07, 6.45) is 0.926. The Hall–Kier alpha value is -2.24. The van der Waals surface area contributed by atoms with Crippen LogP contribution in [0.4, 0.5) is 0 Å². The summed E-state index contributed by atoms with van der Waals surface area (Å²) < 4.78 is 5.62. The van der Waals surface area contributed by atoms with Crippen molar-refractivity contribution in [2.24, 2.45) is 0 Å². The molecule has 150 valence electrons. The van der Waals surface area contributed by atoms with Crippen molar-refractivity contribution in [3.05, 3.63) is 63.6 Å². The van der Waals surface area contributed by atoms with E-state index in [1.807, 2.05) is 24.3 Å². The zero-order chi connectivity index (χ0) is 20.7. The van der Waals surface area contributed by atoms with Crippen LogP contribution in [-0.2, 0) is 22.6 Å². The van der Waals surface area contributed by atoms with E-state index in [4.69, 9.17) is 27.9 Å². The highest BCUT2D eigenvalue weighted by atomic mass is 35.5. The van der Waals surface area contributed by atoms with Crippen molar-refractivity contribution in [1.82, 2.24) is 10.2 Å². The van der Waals surface area contributed by atoms with Gasteiger partial charge in [-0.1, -0.05) is 48.3 Å². The van der Waals surface area contributed by atoms with Gasteiger partial charge in [0.25, 0.3) is 5.91 Å². The minimum atomic E-state index is -0.712. The van der Waals surface area contributed by atoms with E-state index in [0.717, 1.165) is 6.42 Å². The van der Waals surface area contributed by atoms with E-state index in [1.165, 1.54) is 17.5 Å². The Morgan fingerprint density at radius 2 is 1.71 bits per heavy atom. The van der Waals surface area contributed by atoms with Gasteiger partial charge < -0.3 is 15.0 Å². The molecular formula is C21H24Cl2N2O3. The number of carbonyl (C=O) groups excluding carboxylic acids is 2. The Balaban J connectivity index is 2.17. The molecule has 5 nitrogen and oxygen atoms in total. The maximum Gasteiger partial charge on any atom is 0.261 e. The first-order valence-corrected chi connectivity index (χ1v) is 9.78. The molecule has 0 spiro atoms. The van der Waals surface area contributed by atoms with E-state index in [-0.39, 0.29) is 25.0 Å². The molecule has 7 heteroatoms. The highest BCUT2D eigenvalue weighted by Crippen LogP contribution is 2.26. The van der Waals surface area contributed by atoms with E-state index in [0.29, 0.717) is 21.4 Å². The first-order valence-electron chi connectivity index (χ1n) is 9.03. The average Bonchev–Trinajstić information content (AvgIpc) is 2.71. The quantitative estimate of drug-likeness (QED) is 0.696. The maximum absolute atomic E-state index is 12.9. The SMILES string of the molecule is CCc1ccc(OCC(=O)N(Cc2c(Cl)cccc2Cl)[C@@H](C)C(=O)NC)cc1. The Labute approximate surface area is 175 Å². The van der Waals surface area contributed by atoms with Crippen LogP contribution in [0.25, 0.3) is 0 Å². The van der Waals surface area contributed by atoms with E-state index >= 15 is 0 Å². The fraction of sp³-hybridized carbons (Fsp3) is 0.333. The Kier molecular flexibility index (Phi) is 8.15. The predicted molar refractivity (Wildman–Crippen MR) is 112 cm³/mol. The zero-order valence-electron chi connectivity index (χ0n) is 16.2. The summed E-state index contributed by atoms with van der Waals surface area (Å²) in [5, 5.41) is 3.43. The molecule has 0 saturated carbocycles.